The van der Waals surface area contributed by atoms with Gasteiger partial charge in [-0.1, -0.05) is 6.07 Å². The van der Waals surface area contributed by atoms with Crippen molar-refractivity contribution in [3.05, 3.63) is 30.0 Å². The Morgan fingerprint density at radius 1 is 1.31 bits per heavy atom. The molecule has 1 aromatic heterocycles. The largest absolute Gasteiger partial charge is 0.396 e. The van der Waals surface area contributed by atoms with Gasteiger partial charge < -0.3 is 15.3 Å². The van der Waals surface area contributed by atoms with Gasteiger partial charge >= 0.3 is 0 Å². The number of aromatic nitrogens is 2. The summed E-state index contributed by atoms with van der Waals surface area (Å²) in [6, 6.07) is 5.29. The van der Waals surface area contributed by atoms with Crippen LogP contribution in [0, 0.1) is 0 Å². The highest BCUT2D eigenvalue weighted by Crippen LogP contribution is 2.22. The fraction of sp³-hybridized carbons (Fsp3) is 0.364. The van der Waals surface area contributed by atoms with Crippen LogP contribution in [0.25, 0.3) is 10.9 Å². The number of aliphatic hydroxyl groups excluding tert-OH is 3. The highest BCUT2D eigenvalue weighted by atomic mass is 16.3. The number of nitrogens with one attached hydrogen (secondary N) is 1. The van der Waals surface area contributed by atoms with Crippen LogP contribution in [0.3, 0.4) is 0 Å². The molecule has 2 rings (SSSR count). The maximum Gasteiger partial charge on any atom is 0.105 e. The van der Waals surface area contributed by atoms with E-state index in [4.69, 9.17) is 5.11 Å². The van der Waals surface area contributed by atoms with E-state index < -0.39 is 12.2 Å². The first kappa shape index (κ1) is 11.1. The fourth-order valence-corrected chi connectivity index (χ4v) is 1.66. The number of fused-ring (bicyclic) bond motifs is 1. The Hall–Kier alpha value is -1.43. The number of aliphatic hydroxyl groups is 3. The Bertz CT molecular complexity index is 469. The molecule has 5 nitrogen and oxygen atoms in total. The smallest absolute Gasteiger partial charge is 0.105 e. The standard InChI is InChI=1S/C11H14N2O3/c14-4-3-10(15)11(16)7-1-2-9-8(5-7)6-12-13-9/h1-2,5-6,10-11,14-16H,3-4H2,(H,12,13). The first-order chi connectivity index (χ1) is 7.72. The fourth-order valence-electron chi connectivity index (χ4n) is 1.66. The summed E-state index contributed by atoms with van der Waals surface area (Å²) in [5.41, 5.74) is 1.50. The predicted molar refractivity (Wildman–Crippen MR) is 58.8 cm³/mol. The minimum atomic E-state index is -0.980. The Morgan fingerprint density at radius 3 is 2.88 bits per heavy atom. The van der Waals surface area contributed by atoms with Gasteiger partial charge in [0.1, 0.15) is 6.10 Å². The Kier molecular flexibility index (Phi) is 3.19. The van der Waals surface area contributed by atoms with Crippen molar-refractivity contribution < 1.29 is 15.3 Å². The average molecular weight is 222 g/mol. The topological polar surface area (TPSA) is 89.4 Å². The van der Waals surface area contributed by atoms with Crippen LogP contribution in [0.5, 0.6) is 0 Å². The van der Waals surface area contributed by atoms with Crippen molar-refractivity contribution in [3.8, 4) is 0 Å². The van der Waals surface area contributed by atoms with Crippen LogP contribution in [-0.2, 0) is 0 Å². The van der Waals surface area contributed by atoms with Crippen LogP contribution in [0.4, 0.5) is 0 Å². The Morgan fingerprint density at radius 2 is 2.12 bits per heavy atom. The molecule has 2 aromatic rings. The first-order valence-electron chi connectivity index (χ1n) is 5.12. The molecule has 86 valence electrons. The number of rotatable bonds is 4. The second kappa shape index (κ2) is 4.61. The summed E-state index contributed by atoms with van der Waals surface area (Å²) in [5.74, 6) is 0. The molecule has 2 atom stereocenters. The van der Waals surface area contributed by atoms with E-state index in [9.17, 15) is 10.2 Å². The second-order valence-electron chi connectivity index (χ2n) is 3.74. The third-order valence-electron chi connectivity index (χ3n) is 2.60. The summed E-state index contributed by atoms with van der Waals surface area (Å²) >= 11 is 0. The minimum Gasteiger partial charge on any atom is -0.396 e. The van der Waals surface area contributed by atoms with Crippen molar-refractivity contribution in [2.75, 3.05) is 6.61 Å². The van der Waals surface area contributed by atoms with Gasteiger partial charge in [0.15, 0.2) is 0 Å². The maximum absolute atomic E-state index is 9.83. The Balaban J connectivity index is 2.24. The number of hydrogen-bond acceptors (Lipinski definition) is 4. The Labute approximate surface area is 92.4 Å². The highest BCUT2D eigenvalue weighted by Gasteiger charge is 2.18. The summed E-state index contributed by atoms with van der Waals surface area (Å²) in [5, 5.41) is 35.6. The van der Waals surface area contributed by atoms with Crippen molar-refractivity contribution in [1.29, 1.82) is 0 Å². The van der Waals surface area contributed by atoms with E-state index in [0.29, 0.717) is 5.56 Å². The third kappa shape index (κ3) is 2.06. The van der Waals surface area contributed by atoms with Gasteiger partial charge in [0.05, 0.1) is 17.8 Å². The van der Waals surface area contributed by atoms with E-state index in [2.05, 4.69) is 10.2 Å². The molecule has 0 aliphatic carbocycles. The predicted octanol–water partition coefficient (Wildman–Crippen LogP) is 0.340. The van der Waals surface area contributed by atoms with Crippen LogP contribution < -0.4 is 0 Å². The van der Waals surface area contributed by atoms with E-state index in [1.54, 1.807) is 24.4 Å². The van der Waals surface area contributed by atoms with E-state index in [1.807, 2.05) is 0 Å². The van der Waals surface area contributed by atoms with E-state index in [1.165, 1.54) is 0 Å². The zero-order chi connectivity index (χ0) is 11.5. The molecule has 0 saturated heterocycles. The number of H-pyrrole nitrogens is 1. The zero-order valence-corrected chi connectivity index (χ0v) is 8.67. The third-order valence-corrected chi connectivity index (χ3v) is 2.60. The quantitative estimate of drug-likeness (QED) is 0.600. The van der Waals surface area contributed by atoms with Crippen molar-refractivity contribution in [2.45, 2.75) is 18.6 Å². The molecule has 2 unspecified atom stereocenters. The lowest BCUT2D eigenvalue weighted by Gasteiger charge is -2.17. The van der Waals surface area contributed by atoms with Crippen LogP contribution in [0.2, 0.25) is 0 Å². The molecule has 1 heterocycles. The molecule has 4 N–H and O–H groups in total. The van der Waals surface area contributed by atoms with Gasteiger partial charge in [-0.25, -0.2) is 0 Å². The SMILES string of the molecule is OCCC(O)C(O)c1ccc2[nH]ncc2c1. The van der Waals surface area contributed by atoms with E-state index >= 15 is 0 Å². The molecule has 0 radical (unpaired) electrons. The molecule has 5 heteroatoms. The second-order valence-corrected chi connectivity index (χ2v) is 3.74. The van der Waals surface area contributed by atoms with Gasteiger partial charge in [0, 0.05) is 12.0 Å². The molecule has 16 heavy (non-hydrogen) atoms. The highest BCUT2D eigenvalue weighted by molar-refractivity contribution is 5.78. The van der Waals surface area contributed by atoms with Crippen molar-refractivity contribution in [1.82, 2.24) is 10.2 Å². The van der Waals surface area contributed by atoms with Crippen LogP contribution >= 0.6 is 0 Å². The lowest BCUT2D eigenvalue weighted by Crippen LogP contribution is -2.19. The van der Waals surface area contributed by atoms with Gasteiger partial charge in [-0.2, -0.15) is 5.10 Å². The molecule has 0 aliphatic heterocycles. The van der Waals surface area contributed by atoms with Crippen LogP contribution in [0.1, 0.15) is 18.1 Å². The van der Waals surface area contributed by atoms with Crippen molar-refractivity contribution >= 4 is 10.9 Å². The van der Waals surface area contributed by atoms with E-state index in [-0.39, 0.29) is 13.0 Å². The van der Waals surface area contributed by atoms with Crippen molar-refractivity contribution in [3.63, 3.8) is 0 Å². The minimum absolute atomic E-state index is 0.147. The van der Waals surface area contributed by atoms with Gasteiger partial charge in [-0.15, -0.1) is 0 Å². The molecule has 0 spiro atoms. The van der Waals surface area contributed by atoms with Gasteiger partial charge in [-0.3, -0.25) is 5.10 Å². The summed E-state index contributed by atoms with van der Waals surface area (Å²) < 4.78 is 0. The van der Waals surface area contributed by atoms with Crippen molar-refractivity contribution in [2.24, 2.45) is 0 Å². The molecule has 0 amide bonds. The summed E-state index contributed by atoms with van der Waals surface area (Å²) in [7, 11) is 0. The lowest BCUT2D eigenvalue weighted by molar-refractivity contribution is 0.00429. The summed E-state index contributed by atoms with van der Waals surface area (Å²) in [4.78, 5) is 0. The molecule has 1 aromatic carbocycles. The van der Waals surface area contributed by atoms with Gasteiger partial charge in [0.2, 0.25) is 0 Å². The van der Waals surface area contributed by atoms with Gasteiger partial charge in [-0.05, 0) is 24.1 Å². The maximum atomic E-state index is 9.83. The number of hydrogen-bond donors (Lipinski definition) is 4. The van der Waals surface area contributed by atoms with E-state index in [0.717, 1.165) is 10.9 Å². The molecule has 0 bridgehead atoms. The molecular formula is C11H14N2O3. The molecule has 0 saturated carbocycles. The average Bonchev–Trinajstić information content (AvgIpc) is 2.75. The summed E-state index contributed by atoms with van der Waals surface area (Å²) in [6.07, 6.45) is -0.116. The monoisotopic (exact) mass is 222 g/mol. The van der Waals surface area contributed by atoms with Crippen LogP contribution in [-0.4, -0.2) is 38.2 Å². The van der Waals surface area contributed by atoms with Gasteiger partial charge in [0.25, 0.3) is 0 Å². The number of aromatic amines is 1. The zero-order valence-electron chi connectivity index (χ0n) is 8.67. The molecule has 0 fully saturated rings. The van der Waals surface area contributed by atoms with Crippen LogP contribution in [0.15, 0.2) is 24.4 Å². The normalized spacial score (nSPS) is 15.2. The summed E-state index contributed by atoms with van der Waals surface area (Å²) in [6.45, 7) is -0.147. The molecule has 0 aliphatic rings. The number of benzene rings is 1. The first-order valence-corrected chi connectivity index (χ1v) is 5.12. The molecular weight excluding hydrogens is 208 g/mol. The number of nitrogens with zero attached hydrogens (tertiary/aromatic N) is 1. The lowest BCUT2D eigenvalue weighted by atomic mass is 10.0.